The molecule has 0 saturated heterocycles. The van der Waals surface area contributed by atoms with Crippen LogP contribution >= 0.6 is 0 Å². The fourth-order valence-electron chi connectivity index (χ4n) is 3.29. The van der Waals surface area contributed by atoms with Gasteiger partial charge in [0.2, 0.25) is 9.84 Å². The fourth-order valence-corrected chi connectivity index (χ4v) is 5.18. The molecule has 0 aliphatic heterocycles. The van der Waals surface area contributed by atoms with Crippen LogP contribution < -0.4 is 4.74 Å². The van der Waals surface area contributed by atoms with E-state index in [1.807, 2.05) is 31.2 Å². The minimum atomic E-state index is -3.69. The zero-order valence-corrected chi connectivity index (χ0v) is 19.7. The Morgan fingerprint density at radius 3 is 1.30 bits per heavy atom. The molecule has 0 spiro atoms. The molecule has 0 bridgehead atoms. The SMILES string of the molecule is Cc1ccc(Oc2ccc(S(=O)(=O)c3ccc(-c4ccc(S(C)(=O)=O)cc4)cc3)cc2)cc1. The average Bonchev–Trinajstić information content (AvgIpc) is 2.81. The third kappa shape index (κ3) is 5.16. The Labute approximate surface area is 194 Å². The van der Waals surface area contributed by atoms with E-state index < -0.39 is 19.7 Å². The van der Waals surface area contributed by atoms with Crippen molar-refractivity contribution in [1.82, 2.24) is 0 Å². The zero-order chi connectivity index (χ0) is 23.6. The van der Waals surface area contributed by atoms with Gasteiger partial charge in [-0.15, -0.1) is 0 Å². The first kappa shape index (κ1) is 22.8. The summed E-state index contributed by atoms with van der Waals surface area (Å²) in [6, 6.07) is 26.9. The molecule has 0 unspecified atom stereocenters. The van der Waals surface area contributed by atoms with Crippen molar-refractivity contribution in [2.75, 3.05) is 6.26 Å². The molecule has 4 aromatic carbocycles. The van der Waals surface area contributed by atoms with Crippen molar-refractivity contribution in [2.45, 2.75) is 21.6 Å². The minimum Gasteiger partial charge on any atom is -0.457 e. The highest BCUT2D eigenvalue weighted by atomic mass is 32.2. The van der Waals surface area contributed by atoms with Crippen molar-refractivity contribution >= 4 is 19.7 Å². The molecule has 0 aliphatic rings. The van der Waals surface area contributed by atoms with Gasteiger partial charge in [-0.3, -0.25) is 0 Å². The summed E-state index contributed by atoms with van der Waals surface area (Å²) in [5, 5.41) is 0. The van der Waals surface area contributed by atoms with Crippen LogP contribution in [0.1, 0.15) is 5.56 Å². The van der Waals surface area contributed by atoms with Gasteiger partial charge in [0.15, 0.2) is 9.84 Å². The molecule has 0 N–H and O–H groups in total. The summed E-state index contributed by atoms with van der Waals surface area (Å²) in [7, 11) is -6.96. The van der Waals surface area contributed by atoms with Crippen LogP contribution in [0.2, 0.25) is 0 Å². The van der Waals surface area contributed by atoms with E-state index in [0.717, 1.165) is 22.9 Å². The Balaban J connectivity index is 1.53. The quantitative estimate of drug-likeness (QED) is 0.356. The van der Waals surface area contributed by atoms with Crippen molar-refractivity contribution in [3.63, 3.8) is 0 Å². The summed E-state index contributed by atoms with van der Waals surface area (Å²) in [6.07, 6.45) is 1.16. The lowest BCUT2D eigenvalue weighted by Crippen LogP contribution is -2.02. The highest BCUT2D eigenvalue weighted by Gasteiger charge is 2.18. The molecule has 0 radical (unpaired) electrons. The van der Waals surface area contributed by atoms with Crippen molar-refractivity contribution < 1.29 is 21.6 Å². The van der Waals surface area contributed by atoms with E-state index in [-0.39, 0.29) is 14.7 Å². The van der Waals surface area contributed by atoms with Crippen molar-refractivity contribution in [2.24, 2.45) is 0 Å². The van der Waals surface area contributed by atoms with E-state index in [1.54, 1.807) is 48.5 Å². The van der Waals surface area contributed by atoms with Gasteiger partial charge in [-0.2, -0.15) is 0 Å². The average molecular weight is 479 g/mol. The van der Waals surface area contributed by atoms with Crippen molar-refractivity contribution in [1.29, 1.82) is 0 Å². The van der Waals surface area contributed by atoms with E-state index in [1.165, 1.54) is 24.3 Å². The molecule has 0 atom stereocenters. The van der Waals surface area contributed by atoms with Crippen LogP contribution in [0.25, 0.3) is 11.1 Å². The monoisotopic (exact) mass is 478 g/mol. The molecule has 0 aliphatic carbocycles. The van der Waals surface area contributed by atoms with Crippen LogP contribution in [-0.4, -0.2) is 23.1 Å². The maximum Gasteiger partial charge on any atom is 0.206 e. The van der Waals surface area contributed by atoms with E-state index in [2.05, 4.69) is 0 Å². The largest absolute Gasteiger partial charge is 0.457 e. The molecule has 0 saturated carbocycles. The van der Waals surface area contributed by atoms with Crippen LogP contribution in [-0.2, 0) is 19.7 Å². The third-order valence-corrected chi connectivity index (χ3v) is 8.09. The van der Waals surface area contributed by atoms with E-state index in [9.17, 15) is 16.8 Å². The molecular formula is C26H22O5S2. The number of hydrogen-bond donors (Lipinski definition) is 0. The molecule has 5 nitrogen and oxygen atoms in total. The van der Waals surface area contributed by atoms with E-state index >= 15 is 0 Å². The highest BCUT2D eigenvalue weighted by Crippen LogP contribution is 2.28. The number of ether oxygens (including phenoxy) is 1. The topological polar surface area (TPSA) is 77.5 Å². The Bertz CT molecular complexity index is 1470. The lowest BCUT2D eigenvalue weighted by atomic mass is 10.1. The van der Waals surface area contributed by atoms with Gasteiger partial charge < -0.3 is 4.74 Å². The smallest absolute Gasteiger partial charge is 0.206 e. The molecule has 4 aromatic rings. The summed E-state index contributed by atoms with van der Waals surface area (Å²) in [5.41, 5.74) is 2.71. The van der Waals surface area contributed by atoms with Gasteiger partial charge in [0.05, 0.1) is 14.7 Å². The van der Waals surface area contributed by atoms with Gasteiger partial charge >= 0.3 is 0 Å². The van der Waals surface area contributed by atoms with Crippen LogP contribution in [0.4, 0.5) is 0 Å². The van der Waals surface area contributed by atoms with E-state index in [0.29, 0.717) is 11.5 Å². The Kier molecular flexibility index (Phi) is 6.10. The molecule has 0 amide bonds. The van der Waals surface area contributed by atoms with Gasteiger partial charge in [-0.05, 0) is 78.7 Å². The molecule has 7 heteroatoms. The Hall–Kier alpha value is -3.42. The zero-order valence-electron chi connectivity index (χ0n) is 18.1. The van der Waals surface area contributed by atoms with Crippen LogP contribution in [0.15, 0.2) is 112 Å². The standard InChI is InChI=1S/C26H22O5S2/c1-19-3-9-22(10-4-19)31-23-11-17-26(18-12-23)33(29,30)25-15-7-21(8-16-25)20-5-13-24(14-6-20)32(2,27)28/h3-18H,1-2H3. The normalized spacial score (nSPS) is 11.8. The second-order valence-corrected chi connectivity index (χ2v) is 11.7. The van der Waals surface area contributed by atoms with Gasteiger partial charge in [0.25, 0.3) is 0 Å². The highest BCUT2D eigenvalue weighted by molar-refractivity contribution is 7.91. The van der Waals surface area contributed by atoms with Crippen LogP contribution in [0.3, 0.4) is 0 Å². The summed E-state index contributed by atoms with van der Waals surface area (Å²) in [4.78, 5) is 0.579. The number of hydrogen-bond acceptors (Lipinski definition) is 5. The van der Waals surface area contributed by atoms with Gasteiger partial charge in [0, 0.05) is 6.26 Å². The molecule has 0 fully saturated rings. The second-order valence-electron chi connectivity index (χ2n) is 7.71. The molecular weight excluding hydrogens is 456 g/mol. The Morgan fingerprint density at radius 2 is 0.879 bits per heavy atom. The lowest BCUT2D eigenvalue weighted by Gasteiger charge is -2.09. The number of sulfone groups is 2. The van der Waals surface area contributed by atoms with Crippen molar-refractivity contribution in [3.05, 3.63) is 103 Å². The predicted molar refractivity (Wildman–Crippen MR) is 128 cm³/mol. The van der Waals surface area contributed by atoms with E-state index in [4.69, 9.17) is 4.74 Å². The molecule has 33 heavy (non-hydrogen) atoms. The maximum absolute atomic E-state index is 13.0. The molecule has 0 heterocycles. The van der Waals surface area contributed by atoms with Crippen molar-refractivity contribution in [3.8, 4) is 22.6 Å². The number of benzene rings is 4. The van der Waals surface area contributed by atoms with Crippen LogP contribution in [0.5, 0.6) is 11.5 Å². The first-order valence-electron chi connectivity index (χ1n) is 10.1. The number of aryl methyl sites for hydroxylation is 1. The summed E-state index contributed by atoms with van der Waals surface area (Å²) >= 11 is 0. The predicted octanol–water partition coefficient (Wildman–Crippen LogP) is 5.69. The molecule has 168 valence electrons. The molecule has 0 aromatic heterocycles. The van der Waals surface area contributed by atoms with Gasteiger partial charge in [-0.25, -0.2) is 16.8 Å². The Morgan fingerprint density at radius 1 is 0.515 bits per heavy atom. The fraction of sp³-hybridized carbons (Fsp3) is 0.0769. The lowest BCUT2D eigenvalue weighted by molar-refractivity contribution is 0.482. The summed E-state index contributed by atoms with van der Waals surface area (Å²) in [6.45, 7) is 1.99. The summed E-state index contributed by atoms with van der Waals surface area (Å²) in [5.74, 6) is 1.22. The number of rotatable bonds is 6. The third-order valence-electron chi connectivity index (χ3n) is 5.17. The van der Waals surface area contributed by atoms with Gasteiger partial charge in [-0.1, -0.05) is 42.0 Å². The van der Waals surface area contributed by atoms with Crippen LogP contribution in [0, 0.1) is 6.92 Å². The summed E-state index contributed by atoms with van der Waals surface area (Å²) < 4.78 is 55.1. The first-order valence-corrected chi connectivity index (χ1v) is 13.5. The second kappa shape index (κ2) is 8.84. The van der Waals surface area contributed by atoms with Gasteiger partial charge in [0.1, 0.15) is 11.5 Å². The first-order chi connectivity index (χ1) is 15.6. The minimum absolute atomic E-state index is 0.170. The maximum atomic E-state index is 13.0. The molecule has 4 rings (SSSR count).